The van der Waals surface area contributed by atoms with Gasteiger partial charge in [-0.15, -0.1) is 0 Å². The molecule has 2 rings (SSSR count). The molecule has 2 saturated heterocycles. The molecule has 0 spiro atoms. The van der Waals surface area contributed by atoms with Gasteiger partial charge in [0.2, 0.25) is 0 Å². The molecule has 2 heterocycles. The monoisotopic (exact) mass is 324 g/mol. The van der Waals surface area contributed by atoms with Crippen molar-refractivity contribution in [3.8, 4) is 0 Å². The summed E-state index contributed by atoms with van der Waals surface area (Å²) >= 11 is 0. The van der Waals surface area contributed by atoms with Crippen LogP contribution >= 0.6 is 0 Å². The van der Waals surface area contributed by atoms with Gasteiger partial charge in [-0.2, -0.15) is 0 Å². The SMILES string of the molecule is CN=C(NCC1CCCO1)NCC(C(C)C)N1CCCCCC1. The van der Waals surface area contributed by atoms with Gasteiger partial charge < -0.3 is 15.4 Å². The maximum absolute atomic E-state index is 5.67. The first-order valence-electron chi connectivity index (χ1n) is 9.51. The van der Waals surface area contributed by atoms with Crippen molar-refractivity contribution >= 4 is 5.96 Å². The van der Waals surface area contributed by atoms with E-state index < -0.39 is 0 Å². The lowest BCUT2D eigenvalue weighted by atomic mass is 10.0. The second-order valence-electron chi connectivity index (χ2n) is 7.23. The molecule has 2 aliphatic heterocycles. The average molecular weight is 325 g/mol. The number of guanidine groups is 1. The number of nitrogens with zero attached hydrogens (tertiary/aromatic N) is 2. The quantitative estimate of drug-likeness (QED) is 0.581. The van der Waals surface area contributed by atoms with Gasteiger partial charge in [0.1, 0.15) is 0 Å². The summed E-state index contributed by atoms with van der Waals surface area (Å²) in [4.78, 5) is 7.04. The Balaban J connectivity index is 1.78. The zero-order valence-corrected chi connectivity index (χ0v) is 15.3. The summed E-state index contributed by atoms with van der Waals surface area (Å²) < 4.78 is 5.67. The molecule has 2 atom stereocenters. The third-order valence-electron chi connectivity index (χ3n) is 5.10. The van der Waals surface area contributed by atoms with Gasteiger partial charge in [0.05, 0.1) is 6.10 Å². The molecule has 0 amide bonds. The van der Waals surface area contributed by atoms with Gasteiger partial charge in [-0.05, 0) is 44.7 Å². The second kappa shape index (κ2) is 10.1. The van der Waals surface area contributed by atoms with Crippen molar-refractivity contribution in [1.29, 1.82) is 0 Å². The molecule has 2 aliphatic rings. The van der Waals surface area contributed by atoms with Gasteiger partial charge in [0.15, 0.2) is 5.96 Å². The van der Waals surface area contributed by atoms with Crippen LogP contribution in [0.4, 0.5) is 0 Å². The van der Waals surface area contributed by atoms with Crippen LogP contribution in [0.15, 0.2) is 4.99 Å². The first kappa shape index (κ1) is 18.5. The van der Waals surface area contributed by atoms with Gasteiger partial charge in [0, 0.05) is 32.8 Å². The number of hydrogen-bond acceptors (Lipinski definition) is 3. The number of ether oxygens (including phenoxy) is 1. The van der Waals surface area contributed by atoms with Crippen LogP contribution < -0.4 is 10.6 Å². The maximum atomic E-state index is 5.67. The van der Waals surface area contributed by atoms with Crippen LogP contribution in [0, 0.1) is 5.92 Å². The van der Waals surface area contributed by atoms with Crippen LogP contribution in [-0.4, -0.2) is 62.8 Å². The lowest BCUT2D eigenvalue weighted by molar-refractivity contribution is 0.113. The Morgan fingerprint density at radius 2 is 1.87 bits per heavy atom. The van der Waals surface area contributed by atoms with Crippen LogP contribution in [0.2, 0.25) is 0 Å². The molecular weight excluding hydrogens is 288 g/mol. The van der Waals surface area contributed by atoms with Crippen LogP contribution in [0.25, 0.3) is 0 Å². The van der Waals surface area contributed by atoms with Crippen LogP contribution in [0.3, 0.4) is 0 Å². The Morgan fingerprint density at radius 1 is 1.13 bits per heavy atom. The third kappa shape index (κ3) is 6.30. The fourth-order valence-electron chi connectivity index (χ4n) is 3.65. The highest BCUT2D eigenvalue weighted by Gasteiger charge is 2.23. The Bertz CT molecular complexity index is 345. The van der Waals surface area contributed by atoms with Crippen molar-refractivity contribution in [2.75, 3.05) is 39.8 Å². The van der Waals surface area contributed by atoms with E-state index >= 15 is 0 Å². The normalized spacial score (nSPS) is 25.4. The Morgan fingerprint density at radius 3 is 2.43 bits per heavy atom. The summed E-state index contributed by atoms with van der Waals surface area (Å²) in [6, 6.07) is 0.578. The van der Waals surface area contributed by atoms with Crippen LogP contribution in [0.1, 0.15) is 52.4 Å². The van der Waals surface area contributed by atoms with Crippen LogP contribution in [0.5, 0.6) is 0 Å². The first-order chi connectivity index (χ1) is 11.2. The maximum Gasteiger partial charge on any atom is 0.191 e. The van der Waals surface area contributed by atoms with E-state index in [2.05, 4.69) is 34.4 Å². The number of nitrogens with one attached hydrogen (secondary N) is 2. The fraction of sp³-hybridized carbons (Fsp3) is 0.944. The zero-order valence-electron chi connectivity index (χ0n) is 15.3. The molecule has 0 radical (unpaired) electrons. The zero-order chi connectivity index (χ0) is 16.5. The molecule has 5 nitrogen and oxygen atoms in total. The topological polar surface area (TPSA) is 48.9 Å². The van der Waals surface area contributed by atoms with Crippen molar-refractivity contribution in [2.45, 2.75) is 64.5 Å². The predicted molar refractivity (Wildman–Crippen MR) is 97.0 cm³/mol. The molecule has 5 heteroatoms. The van der Waals surface area contributed by atoms with E-state index in [9.17, 15) is 0 Å². The Kier molecular flexibility index (Phi) is 8.17. The summed E-state index contributed by atoms with van der Waals surface area (Å²) in [5.74, 6) is 1.55. The van der Waals surface area contributed by atoms with E-state index in [1.807, 2.05) is 7.05 Å². The first-order valence-corrected chi connectivity index (χ1v) is 9.51. The summed E-state index contributed by atoms with van der Waals surface area (Å²) in [7, 11) is 1.85. The van der Waals surface area contributed by atoms with E-state index in [4.69, 9.17) is 4.74 Å². The molecule has 0 aromatic heterocycles. The molecule has 2 unspecified atom stereocenters. The van der Waals surface area contributed by atoms with Crippen molar-refractivity contribution in [3.05, 3.63) is 0 Å². The minimum absolute atomic E-state index is 0.347. The predicted octanol–water partition coefficient (Wildman–Crippen LogP) is 2.23. The molecule has 0 aliphatic carbocycles. The average Bonchev–Trinajstić information content (AvgIpc) is 2.92. The van der Waals surface area contributed by atoms with E-state index in [1.54, 1.807) is 0 Å². The largest absolute Gasteiger partial charge is 0.376 e. The lowest BCUT2D eigenvalue weighted by Crippen LogP contribution is -2.50. The fourth-order valence-corrected chi connectivity index (χ4v) is 3.65. The molecule has 0 saturated carbocycles. The Labute approximate surface area is 142 Å². The highest BCUT2D eigenvalue weighted by Crippen LogP contribution is 2.17. The minimum Gasteiger partial charge on any atom is -0.376 e. The summed E-state index contributed by atoms with van der Waals surface area (Å²) in [6.45, 7) is 9.87. The van der Waals surface area contributed by atoms with E-state index in [0.717, 1.165) is 32.1 Å². The second-order valence-corrected chi connectivity index (χ2v) is 7.23. The molecule has 0 bridgehead atoms. The highest BCUT2D eigenvalue weighted by molar-refractivity contribution is 5.79. The highest BCUT2D eigenvalue weighted by atomic mass is 16.5. The molecule has 134 valence electrons. The van der Waals surface area contributed by atoms with Crippen molar-refractivity contribution < 1.29 is 4.74 Å². The minimum atomic E-state index is 0.347. The molecule has 0 aromatic rings. The molecule has 2 fully saturated rings. The number of likely N-dealkylation sites (tertiary alicyclic amines) is 1. The van der Waals surface area contributed by atoms with Gasteiger partial charge in [0.25, 0.3) is 0 Å². The summed E-state index contributed by atoms with van der Waals surface area (Å²) in [5.41, 5.74) is 0. The molecular formula is C18H36N4O. The van der Waals surface area contributed by atoms with Crippen molar-refractivity contribution in [3.63, 3.8) is 0 Å². The van der Waals surface area contributed by atoms with Crippen molar-refractivity contribution in [1.82, 2.24) is 15.5 Å². The smallest absolute Gasteiger partial charge is 0.191 e. The molecule has 0 aromatic carbocycles. The van der Waals surface area contributed by atoms with Gasteiger partial charge in [-0.25, -0.2) is 0 Å². The Hall–Kier alpha value is -0.810. The third-order valence-corrected chi connectivity index (χ3v) is 5.10. The standard InChI is InChI=1S/C18H36N4O/c1-15(2)17(22-10-6-4-5-7-11-22)14-21-18(19-3)20-13-16-9-8-12-23-16/h15-17H,4-14H2,1-3H3,(H2,19,20,21). The van der Waals surface area contributed by atoms with E-state index in [-0.39, 0.29) is 0 Å². The molecule has 2 N–H and O–H groups in total. The van der Waals surface area contributed by atoms with Gasteiger partial charge >= 0.3 is 0 Å². The summed E-state index contributed by atoms with van der Waals surface area (Å²) in [6.07, 6.45) is 8.15. The van der Waals surface area contributed by atoms with Gasteiger partial charge in [-0.1, -0.05) is 26.7 Å². The van der Waals surface area contributed by atoms with E-state index in [0.29, 0.717) is 18.1 Å². The van der Waals surface area contributed by atoms with Crippen LogP contribution in [-0.2, 0) is 4.74 Å². The number of hydrogen-bond donors (Lipinski definition) is 2. The lowest BCUT2D eigenvalue weighted by Gasteiger charge is -2.34. The van der Waals surface area contributed by atoms with Gasteiger partial charge in [-0.3, -0.25) is 9.89 Å². The number of rotatable bonds is 6. The number of aliphatic imine (C=N–C) groups is 1. The molecule has 23 heavy (non-hydrogen) atoms. The van der Waals surface area contributed by atoms with Crippen molar-refractivity contribution in [2.24, 2.45) is 10.9 Å². The van der Waals surface area contributed by atoms with E-state index in [1.165, 1.54) is 45.2 Å². The summed E-state index contributed by atoms with van der Waals surface area (Å²) in [5, 5.41) is 6.95.